The molecule has 0 fully saturated rings. The molecule has 33 heavy (non-hydrogen) atoms. The lowest BCUT2D eigenvalue weighted by molar-refractivity contribution is 0.0404. The fourth-order valence-electron chi connectivity index (χ4n) is 2.49. The van der Waals surface area contributed by atoms with Gasteiger partial charge in [-0.3, -0.25) is 4.57 Å². The first kappa shape index (κ1) is 28.0. The number of fused-ring (bicyclic) bond motifs is 1. The molecular weight excluding hydrogens is 540 g/mol. The molecule has 2 N–H and O–H groups in total. The van der Waals surface area contributed by atoms with Crippen molar-refractivity contribution in [3.8, 4) is 11.5 Å². The van der Waals surface area contributed by atoms with Crippen molar-refractivity contribution < 1.29 is 41.8 Å². The fourth-order valence-corrected chi connectivity index (χ4v) is 6.65. The zero-order chi connectivity index (χ0) is 25.0. The van der Waals surface area contributed by atoms with Crippen LogP contribution in [0.15, 0.2) is 22.4 Å². The molecule has 0 saturated heterocycles. The van der Waals surface area contributed by atoms with Crippen LogP contribution >= 0.6 is 42.1 Å². The van der Waals surface area contributed by atoms with Crippen LogP contribution in [0.5, 0.6) is 11.5 Å². The van der Waals surface area contributed by atoms with E-state index in [1.54, 1.807) is 12.1 Å². The number of ether oxygens (including phenoxy) is 3. The minimum atomic E-state index is -4.95. The average Bonchev–Trinajstić information content (AvgIpc) is 3.10. The van der Waals surface area contributed by atoms with Crippen molar-refractivity contribution in [3.63, 3.8) is 0 Å². The van der Waals surface area contributed by atoms with E-state index in [1.807, 2.05) is 0 Å². The molecule has 0 aliphatic heterocycles. The van der Waals surface area contributed by atoms with Gasteiger partial charge in [0.25, 0.3) is 10.0 Å². The average molecular weight is 564 g/mol. The molecule has 0 unspecified atom stereocenters. The molecule has 2 rings (SSSR count). The Labute approximate surface area is 205 Å². The maximum atomic E-state index is 13.2. The number of alkyl halides is 2. The van der Waals surface area contributed by atoms with Crippen LogP contribution in [0.3, 0.4) is 0 Å². The Morgan fingerprint density at radius 2 is 1.64 bits per heavy atom. The number of sulfonamides is 1. The van der Waals surface area contributed by atoms with E-state index in [0.29, 0.717) is 21.6 Å². The van der Waals surface area contributed by atoms with Gasteiger partial charge in [0.1, 0.15) is 29.3 Å². The molecule has 0 aliphatic carbocycles. The molecule has 0 atom stereocenters. The van der Waals surface area contributed by atoms with Gasteiger partial charge in [-0.2, -0.15) is 12.7 Å². The van der Waals surface area contributed by atoms with E-state index < -0.39 is 35.6 Å². The van der Waals surface area contributed by atoms with Gasteiger partial charge in [-0.25, -0.2) is 4.79 Å². The van der Waals surface area contributed by atoms with Crippen molar-refractivity contribution in [2.75, 3.05) is 31.3 Å². The van der Waals surface area contributed by atoms with Crippen molar-refractivity contribution >= 4 is 68.3 Å². The topological polar surface area (TPSA) is 140 Å². The fraction of sp³-hybridized carbons (Fsp3) is 0.500. The second-order valence-electron chi connectivity index (χ2n) is 7.62. The summed E-state index contributed by atoms with van der Waals surface area (Å²) in [5, 5.41) is 0.446. The molecule has 1 aromatic carbocycles. The number of nitrogens with zero attached hydrogens (tertiary/aromatic N) is 1. The molecule has 10 nitrogen and oxygen atoms in total. The predicted molar refractivity (Wildman–Crippen MR) is 126 cm³/mol. The summed E-state index contributed by atoms with van der Waals surface area (Å²) < 4.78 is 54.4. The number of rotatable bonds is 10. The first-order chi connectivity index (χ1) is 15.2. The minimum Gasteiger partial charge on any atom is -0.488 e. The van der Waals surface area contributed by atoms with Crippen LogP contribution in [-0.2, 0) is 19.3 Å². The van der Waals surface area contributed by atoms with Crippen LogP contribution in [0.25, 0.3) is 10.1 Å². The SMILES string of the molecule is CC(C)(C)OC(=O)N(CP(=O)(O)O)S(=O)(=O)c1cc2cc(OCCCl)c(OCCCl)cc2s1. The number of carbonyl (C=O) groups is 1. The van der Waals surface area contributed by atoms with Gasteiger partial charge in [-0.1, -0.05) is 0 Å². The Kier molecular flexibility index (Phi) is 9.31. The molecular formula is C18H24Cl2NO9PS2. The van der Waals surface area contributed by atoms with Gasteiger partial charge < -0.3 is 24.0 Å². The van der Waals surface area contributed by atoms with Gasteiger partial charge in [0.2, 0.25) is 0 Å². The summed E-state index contributed by atoms with van der Waals surface area (Å²) in [6, 6.07) is 4.36. The minimum absolute atomic E-state index is 0.0412. The molecule has 186 valence electrons. The Morgan fingerprint density at radius 1 is 1.09 bits per heavy atom. The van der Waals surface area contributed by atoms with Crippen molar-refractivity contribution in [3.05, 3.63) is 18.2 Å². The van der Waals surface area contributed by atoms with Gasteiger partial charge in [0.15, 0.2) is 11.5 Å². The van der Waals surface area contributed by atoms with Gasteiger partial charge in [0.05, 0.1) is 11.8 Å². The molecule has 2 aromatic rings. The number of hydrogen-bond acceptors (Lipinski definition) is 8. The monoisotopic (exact) mass is 563 g/mol. The highest BCUT2D eigenvalue weighted by Gasteiger charge is 2.38. The smallest absolute Gasteiger partial charge is 0.424 e. The van der Waals surface area contributed by atoms with Crippen molar-refractivity contribution in [2.45, 2.75) is 30.6 Å². The van der Waals surface area contributed by atoms with Gasteiger partial charge in [0, 0.05) is 10.8 Å². The summed E-state index contributed by atoms with van der Waals surface area (Å²) in [7, 11) is -9.61. The lowest BCUT2D eigenvalue weighted by Gasteiger charge is -2.26. The summed E-state index contributed by atoms with van der Waals surface area (Å²) >= 11 is 12.1. The highest BCUT2D eigenvalue weighted by Crippen LogP contribution is 2.42. The summed E-state index contributed by atoms with van der Waals surface area (Å²) in [4.78, 5) is 31.3. The quantitative estimate of drug-likeness (QED) is 0.321. The molecule has 1 amide bonds. The number of benzene rings is 1. The summed E-state index contributed by atoms with van der Waals surface area (Å²) in [5.74, 6) is 1.06. The van der Waals surface area contributed by atoms with E-state index in [-0.39, 0.29) is 33.5 Å². The first-order valence-corrected chi connectivity index (χ1v) is 14.6. The van der Waals surface area contributed by atoms with Crippen LogP contribution in [0, 0.1) is 0 Å². The zero-order valence-electron chi connectivity index (χ0n) is 18.0. The summed E-state index contributed by atoms with van der Waals surface area (Å²) in [5.41, 5.74) is -1.09. The largest absolute Gasteiger partial charge is 0.488 e. The molecule has 0 spiro atoms. The first-order valence-electron chi connectivity index (χ1n) is 9.43. The zero-order valence-corrected chi connectivity index (χ0v) is 22.0. The normalized spacial score (nSPS) is 12.6. The number of hydrogen-bond donors (Lipinski definition) is 2. The summed E-state index contributed by atoms with van der Waals surface area (Å²) in [6.45, 7) is 4.84. The lowest BCUT2D eigenvalue weighted by Crippen LogP contribution is -2.41. The molecule has 15 heteroatoms. The maximum absolute atomic E-state index is 13.2. The van der Waals surface area contributed by atoms with Crippen LogP contribution < -0.4 is 9.47 Å². The third kappa shape index (κ3) is 7.88. The van der Waals surface area contributed by atoms with E-state index in [4.69, 9.17) is 37.4 Å². The Morgan fingerprint density at radius 3 is 2.12 bits per heavy atom. The number of thiophene rings is 1. The highest BCUT2D eigenvalue weighted by molar-refractivity contribution is 7.92. The van der Waals surface area contributed by atoms with Crippen molar-refractivity contribution in [1.29, 1.82) is 0 Å². The van der Waals surface area contributed by atoms with E-state index in [2.05, 4.69) is 0 Å². The number of carbonyl (C=O) groups excluding carboxylic acids is 1. The lowest BCUT2D eigenvalue weighted by atomic mass is 10.2. The van der Waals surface area contributed by atoms with Crippen LogP contribution in [0.2, 0.25) is 0 Å². The highest BCUT2D eigenvalue weighted by atomic mass is 35.5. The molecule has 0 bridgehead atoms. The second-order valence-corrected chi connectivity index (χ2v) is 13.2. The third-order valence-corrected chi connectivity index (χ3v) is 8.09. The van der Waals surface area contributed by atoms with Crippen LogP contribution in [0.1, 0.15) is 20.8 Å². The Hall–Kier alpha value is -1.27. The third-order valence-electron chi connectivity index (χ3n) is 3.68. The standard InChI is InChI=1S/C18H24Cl2NO9PS2/c1-18(2,3)30-17(22)21(11-31(23,24)25)33(26,27)16-9-12-8-13(28-6-4-19)14(29-7-5-20)10-15(12)32-16/h8-10H,4-7,11H2,1-3H3,(H2,23,24,25). The Bertz CT molecular complexity index is 1100. The van der Waals surface area contributed by atoms with Crippen molar-refractivity contribution in [1.82, 2.24) is 4.31 Å². The molecule has 1 aromatic heterocycles. The van der Waals surface area contributed by atoms with Crippen LogP contribution in [0.4, 0.5) is 4.79 Å². The molecule has 0 aliphatic rings. The van der Waals surface area contributed by atoms with Crippen molar-refractivity contribution in [2.24, 2.45) is 0 Å². The Balaban J connectivity index is 2.55. The number of amides is 1. The van der Waals surface area contributed by atoms with E-state index in [0.717, 1.165) is 11.3 Å². The van der Waals surface area contributed by atoms with Crippen LogP contribution in [-0.4, -0.2) is 65.5 Å². The number of halogens is 2. The predicted octanol–water partition coefficient (Wildman–Crippen LogP) is 4.20. The molecule has 1 heterocycles. The van der Waals surface area contributed by atoms with Gasteiger partial charge >= 0.3 is 13.7 Å². The van der Waals surface area contributed by atoms with Gasteiger partial charge in [-0.05, 0) is 38.3 Å². The molecule has 0 radical (unpaired) electrons. The maximum Gasteiger partial charge on any atom is 0.424 e. The summed E-state index contributed by atoms with van der Waals surface area (Å²) in [6.07, 6.45) is -2.77. The van der Waals surface area contributed by atoms with E-state index in [9.17, 15) is 27.6 Å². The van der Waals surface area contributed by atoms with E-state index >= 15 is 0 Å². The van der Waals surface area contributed by atoms with E-state index in [1.165, 1.54) is 26.8 Å². The van der Waals surface area contributed by atoms with Gasteiger partial charge in [-0.15, -0.1) is 34.5 Å². The molecule has 0 saturated carbocycles. The second kappa shape index (κ2) is 11.0.